The number of nitrogens with zero attached hydrogens (tertiary/aromatic N) is 6. The van der Waals surface area contributed by atoms with Crippen molar-refractivity contribution in [1.29, 1.82) is 0 Å². The smallest absolute Gasteiger partial charge is 0.149 e. The fourth-order valence-corrected chi connectivity index (χ4v) is 3.77. The lowest BCUT2D eigenvalue weighted by molar-refractivity contribution is 0.363. The fraction of sp³-hybridized carbons (Fsp3) is 0.700. The Bertz CT molecular complexity index is 732. The molecule has 1 atom stereocenters. The molecule has 1 fully saturated rings. The first kappa shape index (κ1) is 19.7. The van der Waals surface area contributed by atoms with E-state index in [-0.39, 0.29) is 6.04 Å². The maximum Gasteiger partial charge on any atom is 0.149 e. The van der Waals surface area contributed by atoms with E-state index in [1.807, 2.05) is 6.33 Å². The molecule has 1 N–H and O–H groups in total. The van der Waals surface area contributed by atoms with Gasteiger partial charge in [0.2, 0.25) is 0 Å². The average molecular weight is 372 g/mol. The summed E-state index contributed by atoms with van der Waals surface area (Å²) in [4.78, 5) is 11.7. The van der Waals surface area contributed by atoms with Gasteiger partial charge in [-0.05, 0) is 47.0 Å². The van der Waals surface area contributed by atoms with Crippen molar-refractivity contribution < 1.29 is 0 Å². The van der Waals surface area contributed by atoms with Gasteiger partial charge in [0.25, 0.3) is 0 Å². The molecule has 0 radical (unpaired) electrons. The van der Waals surface area contributed by atoms with Crippen molar-refractivity contribution >= 4 is 5.82 Å². The minimum Gasteiger partial charge on any atom is -0.356 e. The summed E-state index contributed by atoms with van der Waals surface area (Å²) in [5, 5.41) is 12.2. The summed E-state index contributed by atoms with van der Waals surface area (Å²) in [5.74, 6) is 3.06. The van der Waals surface area contributed by atoms with Gasteiger partial charge in [-0.15, -0.1) is 10.2 Å². The van der Waals surface area contributed by atoms with E-state index in [1.54, 1.807) is 0 Å². The van der Waals surface area contributed by atoms with E-state index < -0.39 is 0 Å². The van der Waals surface area contributed by atoms with Crippen LogP contribution in [0.2, 0.25) is 0 Å². The van der Waals surface area contributed by atoms with Gasteiger partial charge in [-0.25, -0.2) is 9.97 Å². The normalized spacial score (nSPS) is 16.9. The number of anilines is 1. The van der Waals surface area contributed by atoms with Crippen molar-refractivity contribution in [1.82, 2.24) is 30.0 Å². The van der Waals surface area contributed by atoms with E-state index in [4.69, 9.17) is 4.98 Å². The molecular weight excluding hydrogens is 338 g/mol. The molecule has 1 aliphatic heterocycles. The number of hydrogen-bond donors (Lipinski definition) is 1. The number of nitrogens with one attached hydrogen (secondary N) is 1. The third kappa shape index (κ3) is 4.83. The number of hydrogen-bond acceptors (Lipinski definition) is 6. The van der Waals surface area contributed by atoms with Crippen LogP contribution in [-0.2, 0) is 6.42 Å². The quantitative estimate of drug-likeness (QED) is 0.806. The van der Waals surface area contributed by atoms with Gasteiger partial charge < -0.3 is 14.8 Å². The zero-order valence-corrected chi connectivity index (χ0v) is 17.3. The van der Waals surface area contributed by atoms with E-state index in [9.17, 15) is 0 Å². The molecule has 7 nitrogen and oxygen atoms in total. The monoisotopic (exact) mass is 371 g/mol. The second kappa shape index (κ2) is 8.78. The third-order valence-electron chi connectivity index (χ3n) is 5.21. The highest BCUT2D eigenvalue weighted by atomic mass is 15.3. The zero-order chi connectivity index (χ0) is 19.4. The van der Waals surface area contributed by atoms with Crippen LogP contribution in [0, 0.1) is 6.92 Å². The van der Waals surface area contributed by atoms with Crippen LogP contribution >= 0.6 is 0 Å². The summed E-state index contributed by atoms with van der Waals surface area (Å²) >= 11 is 0. The third-order valence-corrected chi connectivity index (χ3v) is 5.21. The van der Waals surface area contributed by atoms with Crippen LogP contribution in [0.25, 0.3) is 0 Å². The summed E-state index contributed by atoms with van der Waals surface area (Å²) in [6.07, 6.45) is 6.05. The van der Waals surface area contributed by atoms with Crippen molar-refractivity contribution in [3.05, 3.63) is 29.7 Å². The van der Waals surface area contributed by atoms with Crippen molar-refractivity contribution in [2.24, 2.45) is 0 Å². The highest BCUT2D eigenvalue weighted by Crippen LogP contribution is 2.22. The van der Waals surface area contributed by atoms with Gasteiger partial charge in [0.15, 0.2) is 0 Å². The minimum atomic E-state index is 0.198. The predicted molar refractivity (Wildman–Crippen MR) is 108 cm³/mol. The van der Waals surface area contributed by atoms with Gasteiger partial charge in [-0.1, -0.05) is 6.92 Å². The summed E-state index contributed by atoms with van der Waals surface area (Å²) < 4.78 is 2.14. The number of piperidine rings is 1. The highest BCUT2D eigenvalue weighted by Gasteiger charge is 2.24. The number of rotatable bonds is 7. The maximum atomic E-state index is 4.78. The van der Waals surface area contributed by atoms with Gasteiger partial charge in [-0.2, -0.15) is 0 Å². The van der Waals surface area contributed by atoms with E-state index in [0.717, 1.165) is 61.9 Å². The molecule has 2 aromatic rings. The molecule has 3 heterocycles. The first-order chi connectivity index (χ1) is 13.0. The Morgan fingerprint density at radius 2 is 1.93 bits per heavy atom. The molecule has 0 saturated carbocycles. The van der Waals surface area contributed by atoms with E-state index in [2.05, 4.69) is 70.7 Å². The summed E-state index contributed by atoms with van der Waals surface area (Å²) in [6.45, 7) is 12.8. The maximum absolute atomic E-state index is 4.78. The standard InChI is InChI=1S/C20H33N7/c1-6-7-18-22-15(4)12-19(24-18)26-10-8-17(9-11-26)23-16(5)20-25-21-13-27(20)14(2)3/h12-14,16-17,23H,6-11H2,1-5H3/t16-/m0/s1. The van der Waals surface area contributed by atoms with Gasteiger partial charge in [0.05, 0.1) is 6.04 Å². The molecule has 7 heteroatoms. The lowest BCUT2D eigenvalue weighted by Gasteiger charge is -2.34. The Morgan fingerprint density at radius 1 is 1.19 bits per heavy atom. The van der Waals surface area contributed by atoms with Crippen molar-refractivity contribution in [3.8, 4) is 0 Å². The Balaban J connectivity index is 1.58. The molecule has 2 aromatic heterocycles. The van der Waals surface area contributed by atoms with Gasteiger partial charge in [0, 0.05) is 43.4 Å². The number of aromatic nitrogens is 5. The first-order valence-corrected chi connectivity index (χ1v) is 10.2. The molecule has 1 aliphatic rings. The van der Waals surface area contributed by atoms with E-state index in [0.29, 0.717) is 12.1 Å². The SMILES string of the molecule is CCCc1nc(C)cc(N2CCC(N[C@@H](C)c3nncn3C(C)C)CC2)n1. The molecule has 148 valence electrons. The molecular formula is C20H33N7. The van der Waals surface area contributed by atoms with Crippen LogP contribution in [0.4, 0.5) is 5.82 Å². The van der Waals surface area contributed by atoms with Crippen LogP contribution in [0.5, 0.6) is 0 Å². The minimum absolute atomic E-state index is 0.198. The van der Waals surface area contributed by atoms with Crippen LogP contribution < -0.4 is 10.2 Å². The van der Waals surface area contributed by atoms with Gasteiger partial charge in [-0.3, -0.25) is 0 Å². The van der Waals surface area contributed by atoms with Gasteiger partial charge in [0.1, 0.15) is 23.8 Å². The molecule has 27 heavy (non-hydrogen) atoms. The zero-order valence-electron chi connectivity index (χ0n) is 17.3. The Hall–Kier alpha value is -2.02. The average Bonchev–Trinajstić information content (AvgIpc) is 3.12. The van der Waals surface area contributed by atoms with Crippen molar-refractivity contribution in [2.45, 2.75) is 78.4 Å². The number of aryl methyl sites for hydroxylation is 2. The first-order valence-electron chi connectivity index (χ1n) is 10.2. The van der Waals surface area contributed by atoms with Crippen molar-refractivity contribution in [3.63, 3.8) is 0 Å². The summed E-state index contributed by atoms with van der Waals surface area (Å²) in [5.41, 5.74) is 1.06. The Labute approximate surface area is 162 Å². The lowest BCUT2D eigenvalue weighted by atomic mass is 10.0. The predicted octanol–water partition coefficient (Wildman–Crippen LogP) is 3.23. The molecule has 0 aromatic carbocycles. The molecule has 0 aliphatic carbocycles. The second-order valence-corrected chi connectivity index (χ2v) is 7.87. The molecule has 0 spiro atoms. The summed E-state index contributed by atoms with van der Waals surface area (Å²) in [7, 11) is 0. The van der Waals surface area contributed by atoms with Crippen LogP contribution in [-0.4, -0.2) is 43.9 Å². The molecule has 1 saturated heterocycles. The van der Waals surface area contributed by atoms with Crippen LogP contribution in [0.1, 0.15) is 76.4 Å². The second-order valence-electron chi connectivity index (χ2n) is 7.87. The Morgan fingerprint density at radius 3 is 2.59 bits per heavy atom. The fourth-order valence-electron chi connectivity index (χ4n) is 3.77. The van der Waals surface area contributed by atoms with Crippen molar-refractivity contribution in [2.75, 3.05) is 18.0 Å². The van der Waals surface area contributed by atoms with Crippen LogP contribution in [0.3, 0.4) is 0 Å². The molecule has 0 unspecified atom stereocenters. The van der Waals surface area contributed by atoms with Gasteiger partial charge >= 0.3 is 0 Å². The molecule has 0 bridgehead atoms. The molecule has 0 amide bonds. The van der Waals surface area contributed by atoms with E-state index in [1.165, 1.54) is 0 Å². The largest absolute Gasteiger partial charge is 0.356 e. The van der Waals surface area contributed by atoms with Crippen LogP contribution in [0.15, 0.2) is 12.4 Å². The summed E-state index contributed by atoms with van der Waals surface area (Å²) in [6, 6.07) is 3.18. The lowest BCUT2D eigenvalue weighted by Crippen LogP contribution is -2.44. The Kier molecular flexibility index (Phi) is 6.42. The highest BCUT2D eigenvalue weighted by molar-refractivity contribution is 5.40. The topological polar surface area (TPSA) is 71.8 Å². The molecule has 3 rings (SSSR count). The van der Waals surface area contributed by atoms with E-state index >= 15 is 0 Å².